The summed E-state index contributed by atoms with van der Waals surface area (Å²) in [5, 5.41) is 6.96. The molecule has 0 saturated heterocycles. The van der Waals surface area contributed by atoms with Crippen LogP contribution < -0.4 is 10.6 Å². The summed E-state index contributed by atoms with van der Waals surface area (Å²) in [7, 11) is 0. The van der Waals surface area contributed by atoms with Gasteiger partial charge in [-0.05, 0) is 23.8 Å². The summed E-state index contributed by atoms with van der Waals surface area (Å²) in [4.78, 5) is 12.9. The van der Waals surface area contributed by atoms with E-state index in [1.165, 1.54) is 0 Å². The Kier molecular flexibility index (Phi) is 7.07. The van der Waals surface area contributed by atoms with Crippen molar-refractivity contribution in [3.63, 3.8) is 0 Å². The molecule has 5 nitrogen and oxygen atoms in total. The van der Waals surface area contributed by atoms with E-state index in [9.17, 15) is 0 Å². The highest BCUT2D eigenvalue weighted by Gasteiger charge is 1.99. The van der Waals surface area contributed by atoms with Crippen LogP contribution in [-0.2, 0) is 13.0 Å². The molecule has 2 rings (SSSR count). The van der Waals surface area contributed by atoms with Gasteiger partial charge in [0.1, 0.15) is 5.15 Å². The van der Waals surface area contributed by atoms with Gasteiger partial charge in [0.05, 0.1) is 6.54 Å². The van der Waals surface area contributed by atoms with Gasteiger partial charge in [0.15, 0.2) is 5.96 Å². The van der Waals surface area contributed by atoms with Crippen molar-refractivity contribution in [2.24, 2.45) is 4.99 Å². The van der Waals surface area contributed by atoms with E-state index in [2.05, 4.69) is 32.2 Å². The summed E-state index contributed by atoms with van der Waals surface area (Å²) in [6.07, 6.45) is 6.15. The van der Waals surface area contributed by atoms with Gasteiger partial charge in [-0.25, -0.2) is 9.98 Å². The smallest absolute Gasteiger partial charge is 0.191 e. The molecule has 6 heteroatoms. The van der Waals surface area contributed by atoms with Crippen molar-refractivity contribution >= 4 is 17.6 Å². The molecule has 2 aromatic rings. The number of aliphatic imine (C=N–C) groups is 1. The van der Waals surface area contributed by atoms with E-state index in [1.807, 2.05) is 24.3 Å². The summed E-state index contributed by atoms with van der Waals surface area (Å²) >= 11 is 5.78. The van der Waals surface area contributed by atoms with Crippen molar-refractivity contribution in [1.82, 2.24) is 20.6 Å². The molecule has 0 bridgehead atoms. The normalized spacial score (nSPS) is 11.1. The van der Waals surface area contributed by atoms with Crippen molar-refractivity contribution in [1.29, 1.82) is 0 Å². The highest BCUT2D eigenvalue weighted by Crippen LogP contribution is 2.06. The SMILES string of the molecule is C=CCNC(=NCc1ccc(Cl)nc1)NCCc1ccccn1. The fourth-order valence-corrected chi connectivity index (χ4v) is 1.98. The predicted molar refractivity (Wildman–Crippen MR) is 94.5 cm³/mol. The average molecular weight is 330 g/mol. The number of nitrogens with zero attached hydrogens (tertiary/aromatic N) is 3. The summed E-state index contributed by atoms with van der Waals surface area (Å²) in [5.41, 5.74) is 2.05. The molecule has 2 aromatic heterocycles. The second-order valence-electron chi connectivity index (χ2n) is 4.82. The van der Waals surface area contributed by atoms with Gasteiger partial charge in [-0.1, -0.05) is 29.8 Å². The molecule has 23 heavy (non-hydrogen) atoms. The molecule has 0 spiro atoms. The predicted octanol–water partition coefficient (Wildman–Crippen LogP) is 2.59. The van der Waals surface area contributed by atoms with E-state index in [0.717, 1.165) is 30.2 Å². The van der Waals surface area contributed by atoms with Crippen molar-refractivity contribution < 1.29 is 0 Å². The first kappa shape index (κ1) is 17.0. The molecule has 0 fully saturated rings. The number of pyridine rings is 2. The quantitative estimate of drug-likeness (QED) is 0.355. The lowest BCUT2D eigenvalue weighted by molar-refractivity contribution is 0.797. The molecule has 0 saturated carbocycles. The third-order valence-electron chi connectivity index (χ3n) is 3.02. The van der Waals surface area contributed by atoms with Crippen LogP contribution in [0.15, 0.2) is 60.4 Å². The lowest BCUT2D eigenvalue weighted by Crippen LogP contribution is -2.38. The molecule has 0 aromatic carbocycles. The minimum atomic E-state index is 0.483. The van der Waals surface area contributed by atoms with Gasteiger partial charge >= 0.3 is 0 Å². The summed E-state index contributed by atoms with van der Waals surface area (Å²) < 4.78 is 0. The Balaban J connectivity index is 1.88. The molecule has 0 aliphatic carbocycles. The van der Waals surface area contributed by atoms with Crippen molar-refractivity contribution in [2.45, 2.75) is 13.0 Å². The Morgan fingerprint density at radius 3 is 2.83 bits per heavy atom. The summed E-state index contributed by atoms with van der Waals surface area (Å²) in [6, 6.07) is 9.58. The van der Waals surface area contributed by atoms with Crippen LogP contribution in [0.5, 0.6) is 0 Å². The summed E-state index contributed by atoms with van der Waals surface area (Å²) in [6.45, 7) is 5.63. The van der Waals surface area contributed by atoms with Crippen LogP contribution in [0, 0.1) is 0 Å². The number of aromatic nitrogens is 2. The zero-order chi connectivity index (χ0) is 16.3. The fourth-order valence-electron chi connectivity index (χ4n) is 1.87. The Hall–Kier alpha value is -2.40. The Labute approximate surface area is 141 Å². The van der Waals surface area contributed by atoms with Gasteiger partial charge in [0.2, 0.25) is 0 Å². The van der Waals surface area contributed by atoms with Crippen LogP contribution in [0.25, 0.3) is 0 Å². The first-order valence-electron chi connectivity index (χ1n) is 7.41. The van der Waals surface area contributed by atoms with Gasteiger partial charge in [-0.2, -0.15) is 0 Å². The van der Waals surface area contributed by atoms with Gasteiger partial charge in [-0.3, -0.25) is 4.98 Å². The molecule has 0 aliphatic heterocycles. The molecular weight excluding hydrogens is 310 g/mol. The van der Waals surface area contributed by atoms with E-state index in [4.69, 9.17) is 11.6 Å². The zero-order valence-corrected chi connectivity index (χ0v) is 13.6. The monoisotopic (exact) mass is 329 g/mol. The molecule has 0 radical (unpaired) electrons. The second-order valence-corrected chi connectivity index (χ2v) is 5.21. The van der Waals surface area contributed by atoms with Gasteiger partial charge in [-0.15, -0.1) is 6.58 Å². The zero-order valence-electron chi connectivity index (χ0n) is 12.9. The lowest BCUT2D eigenvalue weighted by atomic mass is 10.3. The number of rotatable bonds is 7. The topological polar surface area (TPSA) is 62.2 Å². The molecule has 0 atom stereocenters. The van der Waals surface area contributed by atoms with Gasteiger partial charge in [0, 0.05) is 37.6 Å². The standard InChI is InChI=1S/C17H20ClN5/c1-2-9-20-17(21-11-8-15-5-3-4-10-19-15)23-13-14-6-7-16(18)22-12-14/h2-7,10,12H,1,8-9,11,13H2,(H2,20,21,23). The molecule has 2 heterocycles. The third kappa shape index (κ3) is 6.48. The maximum absolute atomic E-state index is 5.78. The van der Waals surface area contributed by atoms with E-state index >= 15 is 0 Å². The average Bonchev–Trinajstić information content (AvgIpc) is 2.59. The Morgan fingerprint density at radius 1 is 1.22 bits per heavy atom. The molecule has 120 valence electrons. The fraction of sp³-hybridized carbons (Fsp3) is 0.235. The largest absolute Gasteiger partial charge is 0.356 e. The Morgan fingerprint density at radius 2 is 2.13 bits per heavy atom. The van der Waals surface area contributed by atoms with Crippen LogP contribution in [0.4, 0.5) is 0 Å². The molecule has 0 unspecified atom stereocenters. The Bertz CT molecular complexity index is 625. The van der Waals surface area contributed by atoms with Gasteiger partial charge < -0.3 is 10.6 Å². The lowest BCUT2D eigenvalue weighted by Gasteiger charge is -2.11. The first-order chi connectivity index (χ1) is 11.3. The highest BCUT2D eigenvalue weighted by atomic mass is 35.5. The van der Waals surface area contributed by atoms with E-state index in [0.29, 0.717) is 18.2 Å². The minimum Gasteiger partial charge on any atom is -0.356 e. The minimum absolute atomic E-state index is 0.483. The van der Waals surface area contributed by atoms with E-state index < -0.39 is 0 Å². The maximum atomic E-state index is 5.78. The van der Waals surface area contributed by atoms with Crippen LogP contribution in [0.3, 0.4) is 0 Å². The van der Waals surface area contributed by atoms with Crippen LogP contribution in [-0.4, -0.2) is 29.0 Å². The number of hydrogen-bond donors (Lipinski definition) is 2. The first-order valence-corrected chi connectivity index (χ1v) is 7.79. The maximum Gasteiger partial charge on any atom is 0.191 e. The van der Waals surface area contributed by atoms with Crippen LogP contribution in [0.1, 0.15) is 11.3 Å². The molecular formula is C17H20ClN5. The van der Waals surface area contributed by atoms with Crippen molar-refractivity contribution in [3.8, 4) is 0 Å². The van der Waals surface area contributed by atoms with Gasteiger partial charge in [0.25, 0.3) is 0 Å². The number of guanidine groups is 1. The summed E-state index contributed by atoms with van der Waals surface area (Å²) in [5.74, 6) is 0.732. The van der Waals surface area contributed by atoms with Crippen LogP contribution in [0.2, 0.25) is 5.15 Å². The third-order valence-corrected chi connectivity index (χ3v) is 3.25. The number of hydrogen-bond acceptors (Lipinski definition) is 3. The van der Waals surface area contributed by atoms with Crippen LogP contribution >= 0.6 is 11.6 Å². The number of halogens is 1. The molecule has 0 amide bonds. The highest BCUT2D eigenvalue weighted by molar-refractivity contribution is 6.29. The van der Waals surface area contributed by atoms with Crippen molar-refractivity contribution in [2.75, 3.05) is 13.1 Å². The molecule has 2 N–H and O–H groups in total. The van der Waals surface area contributed by atoms with E-state index in [1.54, 1.807) is 24.5 Å². The van der Waals surface area contributed by atoms with E-state index in [-0.39, 0.29) is 0 Å². The molecule has 0 aliphatic rings. The van der Waals surface area contributed by atoms with Crippen molar-refractivity contribution in [3.05, 3.63) is 71.8 Å². The second kappa shape index (κ2) is 9.58. The number of nitrogens with one attached hydrogen (secondary N) is 2.